The minimum atomic E-state index is -0.911. The molecule has 0 bridgehead atoms. The Bertz CT molecular complexity index is 1040. The molecule has 5 nitrogen and oxygen atoms in total. The third-order valence-corrected chi connectivity index (χ3v) is 6.40. The predicted octanol–water partition coefficient (Wildman–Crippen LogP) is 3.96. The lowest BCUT2D eigenvalue weighted by Crippen LogP contribution is -2.29. The molecule has 0 radical (unpaired) electrons. The Morgan fingerprint density at radius 2 is 1.38 bits per heavy atom. The monoisotopic (exact) mass is 408 g/mol. The summed E-state index contributed by atoms with van der Waals surface area (Å²) in [5, 5.41) is 20.8. The molecule has 1 aliphatic heterocycles. The standard InChI is InChI=1S/C23H24N2O3S/c1-13-7-17(9-15(11-24)21(13)26)23(19-5-3-4-6-20(19)29-28-23)18-8-14(2)22(27)16(10-18)12-25/h3-10,26-27H,11-12,24-25H2,1-2H3. The zero-order valence-electron chi connectivity index (χ0n) is 16.4. The summed E-state index contributed by atoms with van der Waals surface area (Å²) in [7, 11) is 0. The van der Waals surface area contributed by atoms with Crippen molar-refractivity contribution in [2.45, 2.75) is 37.4 Å². The van der Waals surface area contributed by atoms with Crippen LogP contribution in [0.2, 0.25) is 0 Å². The van der Waals surface area contributed by atoms with E-state index in [9.17, 15) is 10.2 Å². The maximum Gasteiger partial charge on any atom is 0.159 e. The van der Waals surface area contributed by atoms with Crippen LogP contribution in [0.15, 0.2) is 53.4 Å². The van der Waals surface area contributed by atoms with E-state index in [1.807, 2.05) is 62.4 Å². The van der Waals surface area contributed by atoms with Crippen LogP contribution >= 0.6 is 12.0 Å². The molecule has 0 unspecified atom stereocenters. The van der Waals surface area contributed by atoms with E-state index in [4.69, 9.17) is 15.7 Å². The van der Waals surface area contributed by atoms with E-state index < -0.39 is 5.60 Å². The molecule has 0 fully saturated rings. The van der Waals surface area contributed by atoms with E-state index in [0.717, 1.165) is 32.7 Å². The number of rotatable bonds is 4. The summed E-state index contributed by atoms with van der Waals surface area (Å²) in [6.45, 7) is 4.14. The van der Waals surface area contributed by atoms with Gasteiger partial charge in [0, 0.05) is 46.7 Å². The van der Waals surface area contributed by atoms with Crippen molar-refractivity contribution in [2.75, 3.05) is 0 Å². The van der Waals surface area contributed by atoms with Crippen LogP contribution in [0, 0.1) is 13.8 Å². The normalized spacial score (nSPS) is 14.8. The van der Waals surface area contributed by atoms with Crippen molar-refractivity contribution in [3.05, 3.63) is 87.5 Å². The topological polar surface area (TPSA) is 102 Å². The lowest BCUT2D eigenvalue weighted by atomic mass is 9.78. The molecule has 0 amide bonds. The molecule has 3 aromatic rings. The Kier molecular flexibility index (Phi) is 5.04. The Morgan fingerprint density at radius 1 is 0.862 bits per heavy atom. The Balaban J connectivity index is 2.07. The van der Waals surface area contributed by atoms with Gasteiger partial charge in [0.1, 0.15) is 11.5 Å². The van der Waals surface area contributed by atoms with Crippen molar-refractivity contribution in [1.29, 1.82) is 0 Å². The molecule has 0 saturated carbocycles. The largest absolute Gasteiger partial charge is 0.507 e. The Hall–Kier alpha value is -2.51. The summed E-state index contributed by atoms with van der Waals surface area (Å²) in [5.74, 6) is 0.407. The minimum Gasteiger partial charge on any atom is -0.507 e. The third kappa shape index (κ3) is 3.00. The van der Waals surface area contributed by atoms with Crippen molar-refractivity contribution >= 4 is 12.0 Å². The van der Waals surface area contributed by atoms with Crippen molar-refractivity contribution < 1.29 is 14.4 Å². The zero-order valence-corrected chi connectivity index (χ0v) is 17.2. The fourth-order valence-electron chi connectivity index (χ4n) is 3.98. The minimum absolute atomic E-state index is 0.204. The summed E-state index contributed by atoms with van der Waals surface area (Å²) >= 11 is 1.32. The van der Waals surface area contributed by atoms with Gasteiger partial charge in [0.15, 0.2) is 5.60 Å². The summed E-state index contributed by atoms with van der Waals surface area (Å²) in [6, 6.07) is 15.7. The van der Waals surface area contributed by atoms with Gasteiger partial charge in [-0.1, -0.05) is 18.2 Å². The average Bonchev–Trinajstić information content (AvgIpc) is 3.12. The maximum atomic E-state index is 10.4. The molecule has 6 N–H and O–H groups in total. The van der Waals surface area contributed by atoms with Crippen molar-refractivity contribution in [2.24, 2.45) is 11.5 Å². The lowest BCUT2D eigenvalue weighted by molar-refractivity contribution is 0.204. The molecule has 0 aliphatic carbocycles. The van der Waals surface area contributed by atoms with E-state index >= 15 is 0 Å². The van der Waals surface area contributed by atoms with E-state index in [1.165, 1.54) is 12.0 Å². The van der Waals surface area contributed by atoms with Gasteiger partial charge in [0.05, 0.1) is 0 Å². The number of hydrogen-bond donors (Lipinski definition) is 4. The van der Waals surface area contributed by atoms with E-state index in [0.29, 0.717) is 11.1 Å². The molecule has 150 valence electrons. The van der Waals surface area contributed by atoms with Crippen LogP contribution in [-0.2, 0) is 22.9 Å². The van der Waals surface area contributed by atoms with Gasteiger partial charge in [-0.05, 0) is 66.4 Å². The number of benzene rings is 3. The third-order valence-electron chi connectivity index (χ3n) is 5.53. The molecule has 29 heavy (non-hydrogen) atoms. The van der Waals surface area contributed by atoms with Gasteiger partial charge in [0.2, 0.25) is 0 Å². The highest BCUT2D eigenvalue weighted by Gasteiger charge is 2.45. The van der Waals surface area contributed by atoms with Crippen LogP contribution in [-0.4, -0.2) is 10.2 Å². The molecule has 4 rings (SSSR count). The fourth-order valence-corrected chi connectivity index (χ4v) is 4.91. The second-order valence-corrected chi connectivity index (χ2v) is 8.13. The first-order chi connectivity index (χ1) is 13.9. The average molecular weight is 409 g/mol. The first kappa shape index (κ1) is 19.8. The first-order valence-electron chi connectivity index (χ1n) is 9.43. The molecule has 1 aliphatic rings. The second kappa shape index (κ2) is 7.39. The number of aryl methyl sites for hydroxylation is 2. The van der Waals surface area contributed by atoms with Gasteiger partial charge >= 0.3 is 0 Å². The fraction of sp³-hybridized carbons (Fsp3) is 0.217. The van der Waals surface area contributed by atoms with Gasteiger partial charge in [-0.15, -0.1) is 0 Å². The highest BCUT2D eigenvalue weighted by atomic mass is 32.2. The highest BCUT2D eigenvalue weighted by molar-refractivity contribution is 7.95. The summed E-state index contributed by atoms with van der Waals surface area (Å²) in [5.41, 5.74) is 16.4. The molecular weight excluding hydrogens is 384 g/mol. The highest BCUT2D eigenvalue weighted by Crippen LogP contribution is 2.54. The van der Waals surface area contributed by atoms with Crippen LogP contribution in [0.1, 0.15) is 38.9 Å². The number of fused-ring (bicyclic) bond motifs is 1. The van der Waals surface area contributed by atoms with Crippen molar-refractivity contribution in [3.63, 3.8) is 0 Å². The predicted molar refractivity (Wildman–Crippen MR) is 115 cm³/mol. The van der Waals surface area contributed by atoms with Crippen LogP contribution in [0.3, 0.4) is 0 Å². The van der Waals surface area contributed by atoms with Crippen LogP contribution in [0.25, 0.3) is 0 Å². The van der Waals surface area contributed by atoms with E-state index in [2.05, 4.69) is 0 Å². The zero-order chi connectivity index (χ0) is 20.8. The van der Waals surface area contributed by atoms with Gasteiger partial charge in [-0.3, -0.25) is 4.18 Å². The van der Waals surface area contributed by atoms with Crippen molar-refractivity contribution in [1.82, 2.24) is 0 Å². The molecule has 0 spiro atoms. The molecule has 0 atom stereocenters. The van der Waals surface area contributed by atoms with Gasteiger partial charge < -0.3 is 21.7 Å². The number of aromatic hydroxyl groups is 2. The quantitative estimate of drug-likeness (QED) is 0.488. The summed E-state index contributed by atoms with van der Waals surface area (Å²) in [6.07, 6.45) is 0. The number of phenols is 2. The van der Waals surface area contributed by atoms with E-state index in [-0.39, 0.29) is 24.6 Å². The van der Waals surface area contributed by atoms with E-state index in [1.54, 1.807) is 0 Å². The van der Waals surface area contributed by atoms with Gasteiger partial charge in [0.25, 0.3) is 0 Å². The lowest BCUT2D eigenvalue weighted by Gasteiger charge is -2.31. The number of phenolic OH excluding ortho intramolecular Hbond substituents is 2. The molecule has 0 saturated heterocycles. The first-order valence-corrected chi connectivity index (χ1v) is 10.2. The maximum absolute atomic E-state index is 10.4. The molecule has 1 heterocycles. The molecular formula is C23H24N2O3S. The Labute approximate surface area is 174 Å². The molecule has 6 heteroatoms. The molecule has 3 aromatic carbocycles. The number of nitrogens with two attached hydrogens (primary N) is 2. The van der Waals surface area contributed by atoms with Crippen LogP contribution in [0.4, 0.5) is 0 Å². The van der Waals surface area contributed by atoms with Crippen LogP contribution < -0.4 is 11.5 Å². The van der Waals surface area contributed by atoms with Gasteiger partial charge in [-0.25, -0.2) is 0 Å². The second-order valence-electron chi connectivity index (χ2n) is 7.35. The smallest absolute Gasteiger partial charge is 0.159 e. The summed E-state index contributed by atoms with van der Waals surface area (Å²) < 4.78 is 6.44. The number of hydrogen-bond acceptors (Lipinski definition) is 6. The Morgan fingerprint density at radius 3 is 1.90 bits per heavy atom. The summed E-state index contributed by atoms with van der Waals surface area (Å²) in [4.78, 5) is 1.02. The van der Waals surface area contributed by atoms with Crippen LogP contribution in [0.5, 0.6) is 11.5 Å². The molecule has 0 aromatic heterocycles. The van der Waals surface area contributed by atoms with Gasteiger partial charge in [-0.2, -0.15) is 0 Å². The van der Waals surface area contributed by atoms with Crippen molar-refractivity contribution in [3.8, 4) is 11.5 Å². The SMILES string of the molecule is Cc1cc(C2(c3cc(C)c(O)c(CN)c3)OSc3ccccc32)cc(CN)c1O.